The van der Waals surface area contributed by atoms with E-state index in [9.17, 15) is 43.8 Å². The Morgan fingerprint density at radius 2 is 1.56 bits per heavy atom. The lowest BCUT2D eigenvalue weighted by atomic mass is 9.99. The van der Waals surface area contributed by atoms with Crippen LogP contribution in [0.2, 0.25) is 0 Å². The Hall–Kier alpha value is -5.51. The van der Waals surface area contributed by atoms with Gasteiger partial charge in [0.15, 0.2) is 0 Å². The van der Waals surface area contributed by atoms with Crippen LogP contribution in [0.25, 0.3) is 0 Å². The van der Waals surface area contributed by atoms with E-state index in [1.54, 1.807) is 59.8 Å². The molecule has 7 N–H and O–H groups in total. The number of esters is 1. The van der Waals surface area contributed by atoms with Gasteiger partial charge in [-0.15, -0.1) is 0 Å². The molecule has 0 bridgehead atoms. The molecule has 0 aliphatic carbocycles. The zero-order chi connectivity index (χ0) is 45.6. The van der Waals surface area contributed by atoms with Gasteiger partial charge in [0.25, 0.3) is 0 Å². The molecule has 0 radical (unpaired) electrons. The number of nitrogens with one attached hydrogen (secondary N) is 5. The minimum atomic E-state index is -1.12. The molecule has 1 aromatic carbocycles. The summed E-state index contributed by atoms with van der Waals surface area (Å²) in [6.07, 6.45) is 14.1. The van der Waals surface area contributed by atoms with Crippen molar-refractivity contribution in [3.8, 4) is 5.75 Å². The number of ether oxygens (including phenoxy) is 1. The van der Waals surface area contributed by atoms with Crippen LogP contribution in [-0.4, -0.2) is 113 Å². The van der Waals surface area contributed by atoms with Gasteiger partial charge >= 0.3 is 5.97 Å². The summed E-state index contributed by atoms with van der Waals surface area (Å²) in [5.74, 6) is -5.16. The molecule has 1 heterocycles. The van der Waals surface area contributed by atoms with Crippen LogP contribution in [0.5, 0.6) is 5.75 Å². The summed E-state index contributed by atoms with van der Waals surface area (Å²) in [5.41, 5.74) is 0.633. The highest BCUT2D eigenvalue weighted by molar-refractivity contribution is 5.95. The van der Waals surface area contributed by atoms with Gasteiger partial charge in [-0.1, -0.05) is 104 Å². The SMILES string of the molecule is CCCCCC/C=C\CC(=O)N[C@H](C(=O)N[C@H](/C=C/C(=O)N[C@H](C(=O)N[C@@H]1/C=C/C(=O)N[C@@H](C(C)C)C(=O)N(C)[C@@H](Cc2ccc(O)cc2)C(=O)OC1)C(C)C)CO)C(C)C. The van der Waals surface area contributed by atoms with Crippen molar-refractivity contribution in [3.63, 3.8) is 0 Å². The Labute approximate surface area is 360 Å². The van der Waals surface area contributed by atoms with Gasteiger partial charge in [-0.3, -0.25) is 28.8 Å². The molecular formula is C45H68N6O10. The van der Waals surface area contributed by atoms with Crippen molar-refractivity contribution in [1.82, 2.24) is 31.5 Å². The second-order valence-corrected chi connectivity index (χ2v) is 16.4. The van der Waals surface area contributed by atoms with Crippen molar-refractivity contribution in [1.29, 1.82) is 0 Å². The highest BCUT2D eigenvalue weighted by atomic mass is 16.5. The standard InChI is InChI=1S/C45H68N6O10/c1-9-10-11-12-13-14-15-16-36(54)48-39(28(2)3)42(57)46-32(26-52)19-23-37(55)49-40(29(4)5)43(58)47-33-20-24-38(56)50-41(30(6)7)44(59)51(8)35(45(60)61-27-33)25-31-17-21-34(53)22-18-31/h14-15,17-24,28-30,32-33,35,39-41,52-53H,9-13,16,25-27H2,1-8H3,(H,46,57)(H,47,58)(H,48,54)(H,49,55)(H,50,56)/b15-14-,23-19+,24-20+/t32-,33-,35+,39+,40+,41+/m1/s1. The van der Waals surface area contributed by atoms with E-state index in [0.29, 0.717) is 5.56 Å². The third-order valence-corrected chi connectivity index (χ3v) is 10.1. The highest BCUT2D eigenvalue weighted by Gasteiger charge is 2.36. The predicted molar refractivity (Wildman–Crippen MR) is 231 cm³/mol. The number of phenolic OH excluding ortho intramolecular Hbond substituents is 1. The van der Waals surface area contributed by atoms with Gasteiger partial charge in [-0.05, 0) is 48.3 Å². The van der Waals surface area contributed by atoms with E-state index in [0.717, 1.165) is 37.8 Å². The quantitative estimate of drug-likeness (QED) is 0.0414. The Kier molecular flexibility index (Phi) is 22.6. The Morgan fingerprint density at radius 3 is 2.16 bits per heavy atom. The van der Waals surface area contributed by atoms with Crippen molar-refractivity contribution in [3.05, 3.63) is 66.3 Å². The maximum absolute atomic E-state index is 13.7. The lowest BCUT2D eigenvalue weighted by molar-refractivity contribution is -0.156. The monoisotopic (exact) mass is 852 g/mol. The summed E-state index contributed by atoms with van der Waals surface area (Å²) in [6.45, 7) is 11.6. The van der Waals surface area contributed by atoms with E-state index in [-0.39, 0.29) is 36.3 Å². The predicted octanol–water partition coefficient (Wildman–Crippen LogP) is 2.73. The largest absolute Gasteiger partial charge is 0.508 e. The molecule has 0 spiro atoms. The summed E-state index contributed by atoms with van der Waals surface area (Å²) in [5, 5.41) is 33.2. The van der Waals surface area contributed by atoms with Gasteiger partial charge in [-0.25, -0.2) is 4.79 Å². The zero-order valence-electron chi connectivity index (χ0n) is 36.9. The fourth-order valence-electron chi connectivity index (χ4n) is 6.34. The third-order valence-electron chi connectivity index (χ3n) is 10.1. The molecule has 16 nitrogen and oxygen atoms in total. The van der Waals surface area contributed by atoms with Crippen molar-refractivity contribution in [2.24, 2.45) is 17.8 Å². The van der Waals surface area contributed by atoms with E-state index >= 15 is 0 Å². The number of rotatable bonds is 21. The number of aliphatic hydroxyl groups is 1. The molecule has 6 amide bonds. The molecule has 16 heteroatoms. The van der Waals surface area contributed by atoms with Gasteiger partial charge in [0, 0.05) is 32.0 Å². The third kappa shape index (κ3) is 18.3. The van der Waals surface area contributed by atoms with Gasteiger partial charge in [-0.2, -0.15) is 0 Å². The Balaban J connectivity index is 2.16. The molecular weight excluding hydrogens is 785 g/mol. The molecule has 0 saturated carbocycles. The Bertz CT molecular complexity index is 1710. The minimum absolute atomic E-state index is 0.0257. The number of likely N-dealkylation sites (N-methyl/N-ethyl adjacent to an activating group) is 1. The number of hydrogen-bond donors (Lipinski definition) is 7. The average Bonchev–Trinajstić information content (AvgIpc) is 3.21. The second-order valence-electron chi connectivity index (χ2n) is 16.4. The number of carbonyl (C=O) groups is 7. The Morgan fingerprint density at radius 1 is 0.902 bits per heavy atom. The maximum Gasteiger partial charge on any atom is 0.329 e. The van der Waals surface area contributed by atoms with Crippen LogP contribution >= 0.6 is 0 Å². The van der Waals surface area contributed by atoms with Crippen LogP contribution in [0, 0.1) is 17.8 Å². The molecule has 0 aromatic heterocycles. The number of amides is 6. The molecule has 1 aromatic rings. The lowest BCUT2D eigenvalue weighted by Crippen LogP contribution is -2.56. The zero-order valence-corrected chi connectivity index (χ0v) is 36.9. The first-order valence-electron chi connectivity index (χ1n) is 21.2. The number of carbonyl (C=O) groups excluding carboxylic acids is 7. The number of nitrogens with zero attached hydrogens (tertiary/aromatic N) is 1. The number of phenols is 1. The fraction of sp³-hybridized carbons (Fsp3) is 0.578. The highest BCUT2D eigenvalue weighted by Crippen LogP contribution is 2.17. The molecule has 0 saturated heterocycles. The summed E-state index contributed by atoms with van der Waals surface area (Å²) in [4.78, 5) is 94.0. The van der Waals surface area contributed by atoms with Crippen molar-refractivity contribution in [2.75, 3.05) is 20.3 Å². The van der Waals surface area contributed by atoms with E-state index in [2.05, 4.69) is 33.5 Å². The number of benzene rings is 1. The van der Waals surface area contributed by atoms with E-state index in [1.165, 1.54) is 42.7 Å². The second kappa shape index (κ2) is 26.6. The molecule has 61 heavy (non-hydrogen) atoms. The number of aromatic hydroxyl groups is 1. The van der Waals surface area contributed by atoms with E-state index in [4.69, 9.17) is 4.74 Å². The minimum Gasteiger partial charge on any atom is -0.508 e. The molecule has 2 rings (SSSR count). The average molecular weight is 853 g/mol. The molecule has 0 unspecified atom stereocenters. The number of allylic oxidation sites excluding steroid dienone is 1. The van der Waals surface area contributed by atoms with Crippen LogP contribution in [0.4, 0.5) is 0 Å². The van der Waals surface area contributed by atoms with Gasteiger partial charge in [0.2, 0.25) is 35.4 Å². The van der Waals surface area contributed by atoms with E-state index < -0.39 is 90.9 Å². The summed E-state index contributed by atoms with van der Waals surface area (Å²) in [6, 6.07) is 0.00103. The van der Waals surface area contributed by atoms with Crippen LogP contribution in [-0.2, 0) is 44.7 Å². The van der Waals surface area contributed by atoms with Crippen molar-refractivity contribution < 1.29 is 48.5 Å². The van der Waals surface area contributed by atoms with Crippen LogP contribution in [0.1, 0.15) is 92.6 Å². The summed E-state index contributed by atoms with van der Waals surface area (Å²) < 4.78 is 5.64. The normalized spacial score (nSPS) is 19.8. The van der Waals surface area contributed by atoms with E-state index in [1.807, 2.05) is 6.08 Å². The summed E-state index contributed by atoms with van der Waals surface area (Å²) in [7, 11) is 1.44. The smallest absolute Gasteiger partial charge is 0.329 e. The van der Waals surface area contributed by atoms with Crippen LogP contribution < -0.4 is 26.6 Å². The summed E-state index contributed by atoms with van der Waals surface area (Å²) >= 11 is 0. The fourth-order valence-corrected chi connectivity index (χ4v) is 6.34. The first kappa shape index (κ1) is 51.6. The number of aliphatic hydroxyl groups excluding tert-OH is 1. The molecule has 338 valence electrons. The lowest BCUT2D eigenvalue weighted by Gasteiger charge is -2.32. The van der Waals surface area contributed by atoms with Crippen molar-refractivity contribution in [2.45, 2.75) is 130 Å². The van der Waals surface area contributed by atoms with Gasteiger partial charge in [0.1, 0.15) is 36.5 Å². The van der Waals surface area contributed by atoms with Gasteiger partial charge < -0.3 is 46.4 Å². The molecule has 1 aliphatic heterocycles. The molecule has 6 atom stereocenters. The molecule has 1 aliphatic rings. The maximum atomic E-state index is 13.7. The first-order chi connectivity index (χ1) is 28.9. The number of unbranched alkanes of at least 4 members (excludes halogenated alkanes) is 4. The number of hydrogen-bond acceptors (Lipinski definition) is 10. The molecule has 0 fully saturated rings. The van der Waals surface area contributed by atoms with Crippen LogP contribution in [0.3, 0.4) is 0 Å². The van der Waals surface area contributed by atoms with Crippen molar-refractivity contribution >= 4 is 41.4 Å². The first-order valence-corrected chi connectivity index (χ1v) is 21.2. The topological polar surface area (TPSA) is 233 Å². The van der Waals surface area contributed by atoms with Gasteiger partial charge in [0.05, 0.1) is 18.7 Å². The number of cyclic esters (lactones) is 1. The van der Waals surface area contributed by atoms with Crippen LogP contribution in [0.15, 0.2) is 60.7 Å².